The zero-order valence-electron chi connectivity index (χ0n) is 12.3. The molecule has 2 nitrogen and oxygen atoms in total. The highest BCUT2D eigenvalue weighted by Gasteiger charge is 2.50. The van der Waals surface area contributed by atoms with E-state index in [1.807, 2.05) is 6.92 Å². The van der Waals surface area contributed by atoms with Crippen LogP contribution in [0.1, 0.15) is 73.1 Å². The summed E-state index contributed by atoms with van der Waals surface area (Å²) in [6, 6.07) is 0. The Bertz CT molecular complexity index is 260. The topological polar surface area (TPSA) is 46.2 Å². The molecule has 3 N–H and O–H groups in total. The highest BCUT2D eigenvalue weighted by Crippen LogP contribution is 2.48. The van der Waals surface area contributed by atoms with E-state index in [2.05, 4.69) is 27.7 Å². The summed E-state index contributed by atoms with van der Waals surface area (Å²) in [6.45, 7) is 11.0. The molecule has 0 heterocycles. The average molecular weight is 241 g/mol. The minimum absolute atomic E-state index is 0.208. The number of unbranched alkanes of at least 4 members (excludes halogenated alkanes) is 1. The molecule has 1 fully saturated rings. The van der Waals surface area contributed by atoms with Crippen molar-refractivity contribution in [3.05, 3.63) is 0 Å². The third-order valence-electron chi connectivity index (χ3n) is 4.47. The van der Waals surface area contributed by atoms with E-state index in [9.17, 15) is 5.11 Å². The maximum Gasteiger partial charge on any atom is 0.0831 e. The summed E-state index contributed by atoms with van der Waals surface area (Å²) in [5.74, 6) is 0.563. The van der Waals surface area contributed by atoms with Crippen molar-refractivity contribution in [3.8, 4) is 0 Å². The van der Waals surface area contributed by atoms with Crippen LogP contribution in [0, 0.1) is 11.3 Å². The normalized spacial score (nSPS) is 36.5. The molecule has 0 saturated heterocycles. The van der Waals surface area contributed by atoms with Crippen LogP contribution in [0.2, 0.25) is 0 Å². The van der Waals surface area contributed by atoms with E-state index in [1.165, 1.54) is 6.42 Å². The fraction of sp³-hybridized carbons (Fsp3) is 1.00. The summed E-state index contributed by atoms with van der Waals surface area (Å²) >= 11 is 0. The summed E-state index contributed by atoms with van der Waals surface area (Å²) in [4.78, 5) is 0. The molecule has 1 saturated carbocycles. The van der Waals surface area contributed by atoms with E-state index in [1.54, 1.807) is 0 Å². The van der Waals surface area contributed by atoms with Crippen LogP contribution in [0.15, 0.2) is 0 Å². The number of hydrogen-bond acceptors (Lipinski definition) is 2. The molecule has 3 atom stereocenters. The zero-order chi connectivity index (χ0) is 13.3. The van der Waals surface area contributed by atoms with Gasteiger partial charge in [0, 0.05) is 5.54 Å². The fourth-order valence-electron chi connectivity index (χ4n) is 3.74. The second-order valence-electron chi connectivity index (χ2n) is 7.41. The SMILES string of the molecule is CCCCC(C)(N)C1(O)CC(C)CC(C)(C)C1. The zero-order valence-corrected chi connectivity index (χ0v) is 12.3. The van der Waals surface area contributed by atoms with E-state index in [0.717, 1.165) is 32.1 Å². The lowest BCUT2D eigenvalue weighted by molar-refractivity contribution is -0.108. The van der Waals surface area contributed by atoms with E-state index < -0.39 is 11.1 Å². The Hall–Kier alpha value is -0.0800. The highest BCUT2D eigenvalue weighted by atomic mass is 16.3. The first kappa shape index (κ1) is 15.0. The van der Waals surface area contributed by atoms with Crippen molar-refractivity contribution in [3.63, 3.8) is 0 Å². The van der Waals surface area contributed by atoms with Crippen molar-refractivity contribution in [2.75, 3.05) is 0 Å². The minimum Gasteiger partial charge on any atom is -0.388 e. The van der Waals surface area contributed by atoms with E-state index >= 15 is 0 Å². The smallest absolute Gasteiger partial charge is 0.0831 e. The van der Waals surface area contributed by atoms with Gasteiger partial charge in [0.05, 0.1) is 5.60 Å². The number of rotatable bonds is 4. The second-order valence-corrected chi connectivity index (χ2v) is 7.41. The van der Waals surface area contributed by atoms with Crippen LogP contribution in [0.4, 0.5) is 0 Å². The Morgan fingerprint density at radius 1 is 1.35 bits per heavy atom. The van der Waals surface area contributed by atoms with Gasteiger partial charge in [-0.15, -0.1) is 0 Å². The predicted molar refractivity (Wildman–Crippen MR) is 73.9 cm³/mol. The first-order chi connectivity index (χ1) is 7.62. The molecule has 0 aromatic rings. The maximum absolute atomic E-state index is 11.0. The van der Waals surface area contributed by atoms with Gasteiger partial charge in [-0.05, 0) is 43.9 Å². The standard InChI is InChI=1S/C15H31NO/c1-6-7-8-14(5,16)15(17)10-12(2)9-13(3,4)11-15/h12,17H,6-11,16H2,1-5H3. The Morgan fingerprint density at radius 3 is 2.41 bits per heavy atom. The van der Waals surface area contributed by atoms with Crippen LogP contribution in [0.3, 0.4) is 0 Å². The molecule has 0 bridgehead atoms. The van der Waals surface area contributed by atoms with Crippen LogP contribution < -0.4 is 5.73 Å². The maximum atomic E-state index is 11.0. The average Bonchev–Trinajstić information content (AvgIpc) is 2.10. The lowest BCUT2D eigenvalue weighted by Gasteiger charge is -2.52. The van der Waals surface area contributed by atoms with Crippen molar-refractivity contribution in [2.24, 2.45) is 17.1 Å². The monoisotopic (exact) mass is 241 g/mol. The summed E-state index contributed by atoms with van der Waals surface area (Å²) in [7, 11) is 0. The summed E-state index contributed by atoms with van der Waals surface area (Å²) in [5.41, 5.74) is 5.51. The molecule has 1 rings (SSSR count). The van der Waals surface area contributed by atoms with Gasteiger partial charge in [-0.1, -0.05) is 40.5 Å². The highest BCUT2D eigenvalue weighted by molar-refractivity contribution is 5.06. The van der Waals surface area contributed by atoms with Gasteiger partial charge in [0.1, 0.15) is 0 Å². The molecule has 0 aromatic heterocycles. The molecule has 2 heteroatoms. The quantitative estimate of drug-likeness (QED) is 0.791. The van der Waals surface area contributed by atoms with Crippen molar-refractivity contribution in [1.82, 2.24) is 0 Å². The Kier molecular flexibility index (Phi) is 4.31. The first-order valence-corrected chi connectivity index (χ1v) is 7.13. The lowest BCUT2D eigenvalue weighted by Crippen LogP contribution is -2.62. The van der Waals surface area contributed by atoms with Gasteiger partial charge in [-0.25, -0.2) is 0 Å². The molecular formula is C15H31NO. The molecule has 0 aliphatic heterocycles. The largest absolute Gasteiger partial charge is 0.388 e. The van der Waals surface area contributed by atoms with Gasteiger partial charge >= 0.3 is 0 Å². The third-order valence-corrected chi connectivity index (χ3v) is 4.47. The number of hydrogen-bond donors (Lipinski definition) is 2. The Balaban J connectivity index is 2.84. The molecule has 0 spiro atoms. The molecule has 1 aliphatic rings. The first-order valence-electron chi connectivity index (χ1n) is 7.13. The summed E-state index contributed by atoms with van der Waals surface area (Å²) in [5, 5.41) is 11.0. The summed E-state index contributed by atoms with van der Waals surface area (Å²) in [6.07, 6.45) is 6.04. The van der Waals surface area contributed by atoms with Gasteiger partial charge in [0.25, 0.3) is 0 Å². The van der Waals surface area contributed by atoms with Gasteiger partial charge < -0.3 is 10.8 Å². The molecule has 0 radical (unpaired) electrons. The van der Waals surface area contributed by atoms with Gasteiger partial charge in [0.2, 0.25) is 0 Å². The second kappa shape index (κ2) is 4.89. The van der Waals surface area contributed by atoms with Crippen LogP contribution in [-0.2, 0) is 0 Å². The number of nitrogens with two attached hydrogens (primary N) is 1. The minimum atomic E-state index is -0.691. The Labute approximate surface area is 107 Å². The van der Waals surface area contributed by atoms with E-state index in [-0.39, 0.29) is 5.41 Å². The molecule has 3 unspecified atom stereocenters. The predicted octanol–water partition coefficient (Wildman–Crippen LogP) is 3.47. The molecule has 0 aromatic carbocycles. The van der Waals surface area contributed by atoms with Crippen molar-refractivity contribution in [2.45, 2.75) is 84.3 Å². The number of aliphatic hydroxyl groups is 1. The third kappa shape index (κ3) is 3.45. The Morgan fingerprint density at radius 2 is 1.94 bits per heavy atom. The molecule has 0 amide bonds. The van der Waals surface area contributed by atoms with Crippen LogP contribution in [0.5, 0.6) is 0 Å². The molecule has 17 heavy (non-hydrogen) atoms. The van der Waals surface area contributed by atoms with Crippen molar-refractivity contribution >= 4 is 0 Å². The molecule has 1 aliphatic carbocycles. The van der Waals surface area contributed by atoms with Crippen LogP contribution >= 0.6 is 0 Å². The van der Waals surface area contributed by atoms with E-state index in [0.29, 0.717) is 5.92 Å². The van der Waals surface area contributed by atoms with Crippen molar-refractivity contribution in [1.29, 1.82) is 0 Å². The fourth-order valence-corrected chi connectivity index (χ4v) is 3.74. The summed E-state index contributed by atoms with van der Waals surface area (Å²) < 4.78 is 0. The molecular weight excluding hydrogens is 210 g/mol. The van der Waals surface area contributed by atoms with Gasteiger partial charge in [0.15, 0.2) is 0 Å². The van der Waals surface area contributed by atoms with E-state index in [4.69, 9.17) is 5.73 Å². The lowest BCUT2D eigenvalue weighted by atomic mass is 9.59. The van der Waals surface area contributed by atoms with Crippen molar-refractivity contribution < 1.29 is 5.11 Å². The van der Waals surface area contributed by atoms with Crippen LogP contribution in [0.25, 0.3) is 0 Å². The van der Waals surface area contributed by atoms with Gasteiger partial charge in [-0.2, -0.15) is 0 Å². The van der Waals surface area contributed by atoms with Gasteiger partial charge in [-0.3, -0.25) is 0 Å². The van der Waals surface area contributed by atoms with Crippen LogP contribution in [-0.4, -0.2) is 16.2 Å². The molecule has 102 valence electrons.